The van der Waals surface area contributed by atoms with Crippen molar-refractivity contribution in [3.63, 3.8) is 0 Å². The van der Waals surface area contributed by atoms with Crippen molar-refractivity contribution in [1.82, 2.24) is 5.32 Å². The van der Waals surface area contributed by atoms with Crippen LogP contribution in [-0.4, -0.2) is 18.9 Å². The minimum atomic E-state index is -2.96. The molecule has 2 N–H and O–H groups in total. The van der Waals surface area contributed by atoms with Gasteiger partial charge in [0, 0.05) is 18.2 Å². The standard InChI is InChI=1S/C11H12F2N2O2/c1-11(12,13)8-3-2-4-9(5-8)15-10(17)6-14-7-16/h2-5,7H,6H2,1H3,(H,14,16)(H,15,17). The lowest BCUT2D eigenvalue weighted by Gasteiger charge is -2.12. The Labute approximate surface area is 97.0 Å². The second-order valence-electron chi connectivity index (χ2n) is 3.52. The van der Waals surface area contributed by atoms with Gasteiger partial charge in [0.1, 0.15) is 0 Å². The van der Waals surface area contributed by atoms with E-state index in [2.05, 4.69) is 10.6 Å². The van der Waals surface area contributed by atoms with Gasteiger partial charge >= 0.3 is 0 Å². The van der Waals surface area contributed by atoms with Crippen molar-refractivity contribution < 1.29 is 18.4 Å². The van der Waals surface area contributed by atoms with Gasteiger partial charge in [-0.3, -0.25) is 9.59 Å². The molecule has 0 atom stereocenters. The largest absolute Gasteiger partial charge is 0.350 e. The monoisotopic (exact) mass is 242 g/mol. The van der Waals surface area contributed by atoms with Gasteiger partial charge in [0.2, 0.25) is 12.3 Å². The van der Waals surface area contributed by atoms with Crippen LogP contribution >= 0.6 is 0 Å². The van der Waals surface area contributed by atoms with Crippen LogP contribution in [0.4, 0.5) is 14.5 Å². The molecule has 2 amide bonds. The Bertz CT molecular complexity index is 416. The van der Waals surface area contributed by atoms with E-state index in [9.17, 15) is 18.4 Å². The molecule has 0 saturated heterocycles. The van der Waals surface area contributed by atoms with Gasteiger partial charge in [0.25, 0.3) is 5.92 Å². The lowest BCUT2D eigenvalue weighted by Crippen LogP contribution is -2.27. The van der Waals surface area contributed by atoms with E-state index in [1.54, 1.807) is 0 Å². The maximum atomic E-state index is 13.0. The van der Waals surface area contributed by atoms with Crippen molar-refractivity contribution in [3.8, 4) is 0 Å². The summed E-state index contributed by atoms with van der Waals surface area (Å²) in [5.74, 6) is -3.43. The van der Waals surface area contributed by atoms with Gasteiger partial charge in [-0.1, -0.05) is 12.1 Å². The molecular formula is C11H12F2N2O2. The van der Waals surface area contributed by atoms with Crippen LogP contribution in [0.5, 0.6) is 0 Å². The van der Waals surface area contributed by atoms with Crippen molar-refractivity contribution >= 4 is 18.0 Å². The normalized spacial score (nSPS) is 10.8. The Hall–Kier alpha value is -1.98. The van der Waals surface area contributed by atoms with Crippen molar-refractivity contribution in [3.05, 3.63) is 29.8 Å². The molecular weight excluding hydrogens is 230 g/mol. The molecule has 6 heteroatoms. The second kappa shape index (κ2) is 5.38. The first-order valence-corrected chi connectivity index (χ1v) is 4.88. The van der Waals surface area contributed by atoms with Gasteiger partial charge < -0.3 is 10.6 Å². The van der Waals surface area contributed by atoms with Crippen molar-refractivity contribution in [2.75, 3.05) is 11.9 Å². The fourth-order valence-corrected chi connectivity index (χ4v) is 1.21. The van der Waals surface area contributed by atoms with Gasteiger partial charge in [-0.05, 0) is 12.1 Å². The van der Waals surface area contributed by atoms with Crippen LogP contribution in [0.25, 0.3) is 0 Å². The van der Waals surface area contributed by atoms with Crippen LogP contribution < -0.4 is 10.6 Å². The summed E-state index contributed by atoms with van der Waals surface area (Å²) in [6, 6.07) is 5.39. The van der Waals surface area contributed by atoms with Gasteiger partial charge in [-0.2, -0.15) is 0 Å². The Morgan fingerprint density at radius 2 is 2.18 bits per heavy atom. The number of alkyl halides is 2. The molecule has 17 heavy (non-hydrogen) atoms. The minimum Gasteiger partial charge on any atom is -0.350 e. The molecule has 0 heterocycles. The summed E-state index contributed by atoms with van der Waals surface area (Å²) >= 11 is 0. The van der Waals surface area contributed by atoms with E-state index in [1.807, 2.05) is 0 Å². The number of hydrogen-bond donors (Lipinski definition) is 2. The first-order chi connectivity index (χ1) is 7.93. The van der Waals surface area contributed by atoms with Crippen LogP contribution in [0.15, 0.2) is 24.3 Å². The van der Waals surface area contributed by atoms with E-state index in [0.717, 1.165) is 6.92 Å². The third-order valence-electron chi connectivity index (χ3n) is 2.00. The molecule has 0 fully saturated rings. The Morgan fingerprint density at radius 3 is 2.76 bits per heavy atom. The highest BCUT2D eigenvalue weighted by Crippen LogP contribution is 2.28. The molecule has 0 bridgehead atoms. The number of hydrogen-bond acceptors (Lipinski definition) is 2. The summed E-state index contributed by atoms with van der Waals surface area (Å²) in [4.78, 5) is 21.2. The predicted molar refractivity (Wildman–Crippen MR) is 58.7 cm³/mol. The lowest BCUT2D eigenvalue weighted by molar-refractivity contribution is -0.118. The fourth-order valence-electron chi connectivity index (χ4n) is 1.21. The first kappa shape index (κ1) is 13.1. The molecule has 0 saturated carbocycles. The van der Waals surface area contributed by atoms with Crippen LogP contribution in [0, 0.1) is 0 Å². The number of amides is 2. The predicted octanol–water partition coefficient (Wildman–Crippen LogP) is 1.48. The van der Waals surface area contributed by atoms with Crippen LogP contribution in [0.2, 0.25) is 0 Å². The second-order valence-corrected chi connectivity index (χ2v) is 3.52. The third-order valence-corrected chi connectivity index (χ3v) is 2.00. The number of rotatable bonds is 5. The summed E-state index contributed by atoms with van der Waals surface area (Å²) in [7, 11) is 0. The zero-order valence-electron chi connectivity index (χ0n) is 9.17. The number of carbonyl (C=O) groups is 2. The molecule has 1 aromatic rings. The number of nitrogens with one attached hydrogen (secondary N) is 2. The molecule has 0 aromatic heterocycles. The molecule has 0 spiro atoms. The maximum Gasteiger partial charge on any atom is 0.270 e. The van der Waals surface area contributed by atoms with Crippen LogP contribution in [-0.2, 0) is 15.5 Å². The summed E-state index contributed by atoms with van der Waals surface area (Å²) in [5, 5.41) is 4.57. The third kappa shape index (κ3) is 4.18. The molecule has 1 rings (SSSR count). The van der Waals surface area contributed by atoms with E-state index in [1.165, 1.54) is 24.3 Å². The van der Waals surface area contributed by atoms with E-state index >= 15 is 0 Å². The Kier molecular flexibility index (Phi) is 4.14. The van der Waals surface area contributed by atoms with Crippen molar-refractivity contribution in [2.45, 2.75) is 12.8 Å². The highest BCUT2D eigenvalue weighted by atomic mass is 19.3. The molecule has 92 valence electrons. The van der Waals surface area contributed by atoms with E-state index in [-0.39, 0.29) is 17.8 Å². The van der Waals surface area contributed by atoms with Gasteiger partial charge in [0.05, 0.1) is 6.54 Å². The average molecular weight is 242 g/mol. The molecule has 0 aliphatic rings. The summed E-state index contributed by atoms with van der Waals surface area (Å²) in [6.45, 7) is 0.581. The van der Waals surface area contributed by atoms with Gasteiger partial charge in [-0.25, -0.2) is 8.78 Å². The zero-order valence-corrected chi connectivity index (χ0v) is 9.17. The topological polar surface area (TPSA) is 58.2 Å². The SMILES string of the molecule is CC(F)(F)c1cccc(NC(=O)CNC=O)c1. The highest BCUT2D eigenvalue weighted by molar-refractivity contribution is 5.93. The fraction of sp³-hybridized carbons (Fsp3) is 0.273. The number of anilines is 1. The zero-order chi connectivity index (χ0) is 12.9. The molecule has 0 radical (unpaired) electrons. The summed E-state index contributed by atoms with van der Waals surface area (Å²) in [6.07, 6.45) is 0.385. The van der Waals surface area contributed by atoms with Gasteiger partial charge in [0.15, 0.2) is 0 Å². The highest BCUT2D eigenvalue weighted by Gasteiger charge is 2.24. The molecule has 1 aromatic carbocycles. The average Bonchev–Trinajstić information content (AvgIpc) is 2.25. The molecule has 0 unspecified atom stereocenters. The molecule has 4 nitrogen and oxygen atoms in total. The van der Waals surface area contributed by atoms with Gasteiger partial charge in [-0.15, -0.1) is 0 Å². The minimum absolute atomic E-state index is 0.182. The summed E-state index contributed by atoms with van der Waals surface area (Å²) < 4.78 is 26.0. The molecule has 0 aliphatic heterocycles. The molecule has 0 aliphatic carbocycles. The quantitative estimate of drug-likeness (QED) is 0.768. The van der Waals surface area contributed by atoms with Crippen molar-refractivity contribution in [1.29, 1.82) is 0 Å². The number of carbonyl (C=O) groups excluding carboxylic acids is 2. The van der Waals surface area contributed by atoms with Crippen LogP contribution in [0.3, 0.4) is 0 Å². The number of benzene rings is 1. The smallest absolute Gasteiger partial charge is 0.270 e. The summed E-state index contributed by atoms with van der Waals surface area (Å²) in [5.41, 5.74) is 0.0837. The lowest BCUT2D eigenvalue weighted by atomic mass is 10.1. The Morgan fingerprint density at radius 1 is 1.47 bits per heavy atom. The van der Waals surface area contributed by atoms with E-state index in [0.29, 0.717) is 6.41 Å². The van der Waals surface area contributed by atoms with E-state index in [4.69, 9.17) is 0 Å². The van der Waals surface area contributed by atoms with E-state index < -0.39 is 11.8 Å². The van der Waals surface area contributed by atoms with Crippen LogP contribution in [0.1, 0.15) is 12.5 Å². The Balaban J connectivity index is 2.72. The number of halogens is 2. The first-order valence-electron chi connectivity index (χ1n) is 4.88. The van der Waals surface area contributed by atoms with Crippen molar-refractivity contribution in [2.24, 2.45) is 0 Å². The maximum absolute atomic E-state index is 13.0.